The molecule has 1 aromatic carbocycles. The second kappa shape index (κ2) is 4.21. The van der Waals surface area contributed by atoms with Gasteiger partial charge in [-0.1, -0.05) is 0 Å². The summed E-state index contributed by atoms with van der Waals surface area (Å²) in [5.74, 6) is -2.31. The summed E-state index contributed by atoms with van der Waals surface area (Å²) in [6.07, 6.45) is 0. The molecule has 0 saturated heterocycles. The van der Waals surface area contributed by atoms with Crippen molar-refractivity contribution in [2.75, 3.05) is 0 Å². The largest absolute Gasteiger partial charge is 0.476 e. The molecule has 0 unspecified atom stereocenters. The summed E-state index contributed by atoms with van der Waals surface area (Å²) in [5.41, 5.74) is 0.230. The third kappa shape index (κ3) is 1.85. The Morgan fingerprint density at radius 1 is 1.33 bits per heavy atom. The fourth-order valence-corrected chi connectivity index (χ4v) is 1.86. The number of halogens is 2. The van der Waals surface area contributed by atoms with Gasteiger partial charge in [-0.2, -0.15) is 0 Å². The van der Waals surface area contributed by atoms with E-state index in [9.17, 15) is 13.6 Å². The van der Waals surface area contributed by atoms with E-state index in [0.29, 0.717) is 11.5 Å². The van der Waals surface area contributed by atoms with Crippen molar-refractivity contribution in [2.24, 2.45) is 0 Å². The SMILES string of the molecule is Cc1nc(C(=O)O)c(C)n1-c1ccc(F)cc1F. The number of imidazole rings is 1. The lowest BCUT2D eigenvalue weighted by molar-refractivity contribution is 0.0690. The molecule has 0 aliphatic heterocycles. The first-order chi connectivity index (χ1) is 8.41. The summed E-state index contributed by atoms with van der Waals surface area (Å²) < 4.78 is 27.9. The Balaban J connectivity index is 2.68. The monoisotopic (exact) mass is 252 g/mol. The quantitative estimate of drug-likeness (QED) is 0.893. The number of rotatable bonds is 2. The summed E-state index contributed by atoms with van der Waals surface area (Å²) in [4.78, 5) is 14.8. The number of aromatic carboxylic acids is 1. The van der Waals surface area contributed by atoms with E-state index in [1.807, 2.05) is 0 Å². The Bertz CT molecular complexity index is 635. The van der Waals surface area contributed by atoms with Gasteiger partial charge in [0.15, 0.2) is 5.69 Å². The highest BCUT2D eigenvalue weighted by molar-refractivity contribution is 5.87. The molecule has 0 atom stereocenters. The summed E-state index contributed by atoms with van der Waals surface area (Å²) in [6, 6.07) is 3.10. The third-order valence-electron chi connectivity index (χ3n) is 2.63. The third-order valence-corrected chi connectivity index (χ3v) is 2.63. The Morgan fingerprint density at radius 2 is 2.00 bits per heavy atom. The van der Waals surface area contributed by atoms with Gasteiger partial charge in [-0.3, -0.25) is 4.57 Å². The van der Waals surface area contributed by atoms with Crippen molar-refractivity contribution in [1.82, 2.24) is 9.55 Å². The van der Waals surface area contributed by atoms with E-state index in [1.54, 1.807) is 6.92 Å². The predicted molar refractivity (Wildman–Crippen MR) is 59.9 cm³/mol. The highest BCUT2D eigenvalue weighted by Crippen LogP contribution is 2.21. The molecule has 0 aliphatic carbocycles. The van der Waals surface area contributed by atoms with Crippen molar-refractivity contribution in [3.63, 3.8) is 0 Å². The van der Waals surface area contributed by atoms with Gasteiger partial charge in [0.2, 0.25) is 0 Å². The molecule has 0 bridgehead atoms. The molecule has 1 heterocycles. The maximum Gasteiger partial charge on any atom is 0.356 e. The van der Waals surface area contributed by atoms with Crippen molar-refractivity contribution >= 4 is 5.97 Å². The van der Waals surface area contributed by atoms with Gasteiger partial charge in [0.25, 0.3) is 0 Å². The van der Waals surface area contributed by atoms with Crippen LogP contribution in [0.4, 0.5) is 8.78 Å². The molecular formula is C12H10F2N2O2. The van der Waals surface area contributed by atoms with Crippen LogP contribution in [0.1, 0.15) is 22.0 Å². The maximum absolute atomic E-state index is 13.7. The van der Waals surface area contributed by atoms with Gasteiger partial charge in [-0.15, -0.1) is 0 Å². The highest BCUT2D eigenvalue weighted by Gasteiger charge is 2.19. The standard InChI is InChI=1S/C12H10F2N2O2/c1-6-11(12(17)18)15-7(2)16(6)10-4-3-8(13)5-9(10)14/h3-5H,1-2H3,(H,17,18). The average molecular weight is 252 g/mol. The van der Waals surface area contributed by atoms with E-state index in [-0.39, 0.29) is 11.4 Å². The van der Waals surface area contributed by atoms with Crippen LogP contribution in [0.25, 0.3) is 5.69 Å². The Labute approximate surface area is 102 Å². The molecule has 0 amide bonds. The lowest BCUT2D eigenvalue weighted by Crippen LogP contribution is -2.04. The normalized spacial score (nSPS) is 10.7. The zero-order valence-corrected chi connectivity index (χ0v) is 9.74. The summed E-state index contributed by atoms with van der Waals surface area (Å²) in [5, 5.41) is 8.93. The van der Waals surface area contributed by atoms with Crippen molar-refractivity contribution in [3.05, 3.63) is 47.0 Å². The van der Waals surface area contributed by atoms with E-state index in [2.05, 4.69) is 4.98 Å². The number of hydrogen-bond acceptors (Lipinski definition) is 2. The zero-order valence-electron chi connectivity index (χ0n) is 9.74. The lowest BCUT2D eigenvalue weighted by Gasteiger charge is -2.09. The van der Waals surface area contributed by atoms with Crippen LogP contribution in [0.2, 0.25) is 0 Å². The second-order valence-electron chi connectivity index (χ2n) is 3.83. The molecule has 0 fully saturated rings. The van der Waals surface area contributed by atoms with E-state index >= 15 is 0 Å². The van der Waals surface area contributed by atoms with E-state index in [0.717, 1.165) is 12.1 Å². The van der Waals surface area contributed by atoms with Crippen LogP contribution in [0, 0.1) is 25.5 Å². The van der Waals surface area contributed by atoms with Crippen LogP contribution >= 0.6 is 0 Å². The molecule has 0 spiro atoms. The maximum atomic E-state index is 13.7. The number of aryl methyl sites for hydroxylation is 1. The number of carbonyl (C=O) groups is 1. The van der Waals surface area contributed by atoms with Gasteiger partial charge in [-0.25, -0.2) is 18.6 Å². The molecule has 1 N–H and O–H groups in total. The highest BCUT2D eigenvalue weighted by atomic mass is 19.1. The first-order valence-corrected chi connectivity index (χ1v) is 5.16. The number of benzene rings is 1. The molecule has 18 heavy (non-hydrogen) atoms. The van der Waals surface area contributed by atoms with Crippen LogP contribution in [0.3, 0.4) is 0 Å². The molecule has 2 rings (SSSR count). The van der Waals surface area contributed by atoms with Crippen LogP contribution in [-0.4, -0.2) is 20.6 Å². The number of nitrogens with zero attached hydrogens (tertiary/aromatic N) is 2. The molecule has 94 valence electrons. The molecule has 4 nitrogen and oxygen atoms in total. The Hall–Kier alpha value is -2.24. The van der Waals surface area contributed by atoms with Gasteiger partial charge < -0.3 is 5.11 Å². The Morgan fingerprint density at radius 3 is 2.50 bits per heavy atom. The Kier molecular flexibility index (Phi) is 2.86. The molecule has 6 heteroatoms. The second-order valence-corrected chi connectivity index (χ2v) is 3.83. The average Bonchev–Trinajstić information content (AvgIpc) is 2.56. The first kappa shape index (κ1) is 12.2. The number of aromatic nitrogens is 2. The molecule has 0 saturated carbocycles. The van der Waals surface area contributed by atoms with Crippen molar-refractivity contribution < 1.29 is 18.7 Å². The first-order valence-electron chi connectivity index (χ1n) is 5.16. The number of carboxylic acid groups (broad SMARTS) is 1. The number of hydrogen-bond donors (Lipinski definition) is 1. The molecule has 2 aromatic rings. The summed E-state index contributed by atoms with van der Waals surface area (Å²) >= 11 is 0. The summed E-state index contributed by atoms with van der Waals surface area (Å²) in [6.45, 7) is 3.08. The molecule has 1 aromatic heterocycles. The van der Waals surface area contributed by atoms with Crippen LogP contribution < -0.4 is 0 Å². The minimum Gasteiger partial charge on any atom is -0.476 e. The van der Waals surface area contributed by atoms with Crippen molar-refractivity contribution in [3.8, 4) is 5.69 Å². The van der Waals surface area contributed by atoms with Crippen molar-refractivity contribution in [1.29, 1.82) is 0 Å². The van der Waals surface area contributed by atoms with Gasteiger partial charge in [0.05, 0.1) is 11.4 Å². The van der Waals surface area contributed by atoms with Crippen LogP contribution in [0.15, 0.2) is 18.2 Å². The van der Waals surface area contributed by atoms with Gasteiger partial charge >= 0.3 is 5.97 Å². The zero-order chi connectivity index (χ0) is 13.4. The smallest absolute Gasteiger partial charge is 0.356 e. The lowest BCUT2D eigenvalue weighted by atomic mass is 10.2. The topological polar surface area (TPSA) is 55.1 Å². The number of carboxylic acids is 1. The molecular weight excluding hydrogens is 242 g/mol. The minimum atomic E-state index is -1.18. The molecule has 0 aliphatic rings. The fourth-order valence-electron chi connectivity index (χ4n) is 1.86. The van der Waals surface area contributed by atoms with Gasteiger partial charge in [0.1, 0.15) is 17.5 Å². The van der Waals surface area contributed by atoms with E-state index in [4.69, 9.17) is 5.11 Å². The van der Waals surface area contributed by atoms with Crippen molar-refractivity contribution in [2.45, 2.75) is 13.8 Å². The fraction of sp³-hybridized carbons (Fsp3) is 0.167. The molecule has 0 radical (unpaired) electrons. The van der Waals surface area contributed by atoms with Crippen LogP contribution in [-0.2, 0) is 0 Å². The van der Waals surface area contributed by atoms with Gasteiger partial charge in [0, 0.05) is 6.07 Å². The summed E-state index contributed by atoms with van der Waals surface area (Å²) in [7, 11) is 0. The van der Waals surface area contributed by atoms with E-state index in [1.165, 1.54) is 17.6 Å². The predicted octanol–water partition coefficient (Wildman–Crippen LogP) is 2.47. The van der Waals surface area contributed by atoms with Gasteiger partial charge in [-0.05, 0) is 26.0 Å². The van der Waals surface area contributed by atoms with Crippen LogP contribution in [0.5, 0.6) is 0 Å². The minimum absolute atomic E-state index is 0.0754. The van der Waals surface area contributed by atoms with E-state index < -0.39 is 17.6 Å².